The first-order chi connectivity index (χ1) is 9.11. The van der Waals surface area contributed by atoms with Gasteiger partial charge in [0.1, 0.15) is 5.75 Å². The Hall–Kier alpha value is -2.04. The molecule has 1 amide bonds. The van der Waals surface area contributed by atoms with Crippen molar-refractivity contribution in [3.63, 3.8) is 0 Å². The number of nitrogens with zero attached hydrogens (tertiary/aromatic N) is 1. The summed E-state index contributed by atoms with van der Waals surface area (Å²) < 4.78 is 10.1. The lowest BCUT2D eigenvalue weighted by atomic mass is 10.2. The topological polar surface area (TPSA) is 55.8 Å². The van der Waals surface area contributed by atoms with Gasteiger partial charge in [0.15, 0.2) is 6.10 Å². The Kier molecular flexibility index (Phi) is 4.04. The van der Waals surface area contributed by atoms with Crippen LogP contribution in [0, 0.1) is 0 Å². The van der Waals surface area contributed by atoms with Crippen LogP contribution in [-0.2, 0) is 14.3 Å². The molecule has 0 N–H and O–H groups in total. The number of methoxy groups -OCH3 is 1. The molecule has 0 radical (unpaired) electrons. The SMILES string of the molecule is COC(=O)C(C)Oc1cccc(N2CCCC2=O)c1. The third-order valence-electron chi connectivity index (χ3n) is 3.05. The van der Waals surface area contributed by atoms with Gasteiger partial charge in [-0.1, -0.05) is 6.07 Å². The molecule has 0 aliphatic carbocycles. The fourth-order valence-corrected chi connectivity index (χ4v) is 2.06. The molecule has 1 atom stereocenters. The zero-order valence-corrected chi connectivity index (χ0v) is 11.1. The lowest BCUT2D eigenvalue weighted by Gasteiger charge is -2.18. The van der Waals surface area contributed by atoms with E-state index in [1.165, 1.54) is 7.11 Å². The summed E-state index contributed by atoms with van der Waals surface area (Å²) in [4.78, 5) is 24.7. The molecule has 5 nitrogen and oxygen atoms in total. The Morgan fingerprint density at radius 3 is 2.84 bits per heavy atom. The summed E-state index contributed by atoms with van der Waals surface area (Å²) in [5.41, 5.74) is 0.803. The Morgan fingerprint density at radius 1 is 1.42 bits per heavy atom. The van der Waals surface area contributed by atoms with Crippen molar-refractivity contribution < 1.29 is 19.1 Å². The van der Waals surface area contributed by atoms with Gasteiger partial charge < -0.3 is 14.4 Å². The summed E-state index contributed by atoms with van der Waals surface area (Å²) in [7, 11) is 1.32. The van der Waals surface area contributed by atoms with Gasteiger partial charge in [0.25, 0.3) is 0 Å². The fourth-order valence-electron chi connectivity index (χ4n) is 2.06. The van der Waals surface area contributed by atoms with E-state index in [1.54, 1.807) is 30.0 Å². The van der Waals surface area contributed by atoms with E-state index in [9.17, 15) is 9.59 Å². The average Bonchev–Trinajstić information content (AvgIpc) is 2.84. The van der Waals surface area contributed by atoms with E-state index in [0.29, 0.717) is 12.2 Å². The van der Waals surface area contributed by atoms with E-state index in [4.69, 9.17) is 4.74 Å². The molecule has 1 fully saturated rings. The second-order valence-electron chi connectivity index (χ2n) is 4.43. The minimum atomic E-state index is -0.672. The highest BCUT2D eigenvalue weighted by atomic mass is 16.6. The third kappa shape index (κ3) is 3.05. The van der Waals surface area contributed by atoms with Gasteiger partial charge >= 0.3 is 5.97 Å². The number of benzene rings is 1. The van der Waals surface area contributed by atoms with Crippen molar-refractivity contribution in [2.75, 3.05) is 18.6 Å². The number of ether oxygens (including phenoxy) is 2. The average molecular weight is 263 g/mol. The second kappa shape index (κ2) is 5.73. The molecule has 1 aliphatic heterocycles. The highest BCUT2D eigenvalue weighted by Gasteiger charge is 2.22. The molecule has 2 rings (SSSR count). The van der Waals surface area contributed by atoms with Crippen molar-refractivity contribution in [1.82, 2.24) is 0 Å². The molecule has 0 bridgehead atoms. The standard InChI is InChI=1S/C14H17NO4/c1-10(14(17)18-2)19-12-6-3-5-11(9-12)15-8-4-7-13(15)16/h3,5-6,9-10H,4,7-8H2,1-2H3. The monoisotopic (exact) mass is 263 g/mol. The van der Waals surface area contributed by atoms with Crippen LogP contribution >= 0.6 is 0 Å². The molecular weight excluding hydrogens is 246 g/mol. The van der Waals surface area contributed by atoms with Crippen molar-refractivity contribution >= 4 is 17.6 Å². The van der Waals surface area contributed by atoms with Gasteiger partial charge in [-0.05, 0) is 25.5 Å². The quantitative estimate of drug-likeness (QED) is 0.777. The number of carbonyl (C=O) groups is 2. The van der Waals surface area contributed by atoms with Gasteiger partial charge in [-0.3, -0.25) is 4.79 Å². The van der Waals surface area contributed by atoms with E-state index in [0.717, 1.165) is 18.7 Å². The highest BCUT2D eigenvalue weighted by Crippen LogP contribution is 2.25. The molecule has 1 heterocycles. The van der Waals surface area contributed by atoms with Crippen LogP contribution in [0.2, 0.25) is 0 Å². The molecule has 5 heteroatoms. The van der Waals surface area contributed by atoms with E-state index < -0.39 is 12.1 Å². The minimum absolute atomic E-state index is 0.123. The number of amides is 1. The second-order valence-corrected chi connectivity index (χ2v) is 4.43. The summed E-state index contributed by atoms with van der Waals surface area (Å²) in [6.07, 6.45) is 0.793. The van der Waals surface area contributed by atoms with Crippen LogP contribution in [0.1, 0.15) is 19.8 Å². The molecule has 19 heavy (non-hydrogen) atoms. The molecule has 1 aromatic carbocycles. The summed E-state index contributed by atoms with van der Waals surface area (Å²) in [5.74, 6) is 0.246. The Balaban J connectivity index is 2.11. The maximum Gasteiger partial charge on any atom is 0.346 e. The molecular formula is C14H17NO4. The van der Waals surface area contributed by atoms with Crippen LogP contribution in [0.4, 0.5) is 5.69 Å². The highest BCUT2D eigenvalue weighted by molar-refractivity contribution is 5.95. The first kappa shape index (κ1) is 13.4. The number of esters is 1. The number of hydrogen-bond acceptors (Lipinski definition) is 4. The van der Waals surface area contributed by atoms with Gasteiger partial charge in [-0.25, -0.2) is 4.79 Å². The van der Waals surface area contributed by atoms with E-state index in [1.807, 2.05) is 6.07 Å². The Labute approximate surface area is 112 Å². The van der Waals surface area contributed by atoms with Gasteiger partial charge in [0.05, 0.1) is 7.11 Å². The lowest BCUT2D eigenvalue weighted by molar-refractivity contribution is -0.147. The van der Waals surface area contributed by atoms with Crippen molar-refractivity contribution in [2.24, 2.45) is 0 Å². The van der Waals surface area contributed by atoms with Crippen LogP contribution in [0.5, 0.6) is 5.75 Å². The largest absolute Gasteiger partial charge is 0.479 e. The number of carbonyl (C=O) groups excluding carboxylic acids is 2. The molecule has 1 unspecified atom stereocenters. The smallest absolute Gasteiger partial charge is 0.346 e. The molecule has 1 saturated heterocycles. The van der Waals surface area contributed by atoms with Gasteiger partial charge in [0.2, 0.25) is 5.91 Å². The fraction of sp³-hybridized carbons (Fsp3) is 0.429. The first-order valence-electron chi connectivity index (χ1n) is 6.26. The van der Waals surface area contributed by atoms with Crippen LogP contribution in [-0.4, -0.2) is 31.6 Å². The number of rotatable bonds is 4. The lowest BCUT2D eigenvalue weighted by Crippen LogP contribution is -2.26. The molecule has 1 aliphatic rings. The Morgan fingerprint density at radius 2 is 2.21 bits per heavy atom. The van der Waals surface area contributed by atoms with Crippen molar-refractivity contribution in [2.45, 2.75) is 25.9 Å². The van der Waals surface area contributed by atoms with E-state index >= 15 is 0 Å². The molecule has 1 aromatic rings. The maximum absolute atomic E-state index is 11.7. The van der Waals surface area contributed by atoms with E-state index in [-0.39, 0.29) is 5.91 Å². The summed E-state index contributed by atoms with van der Waals surface area (Å²) in [6.45, 7) is 2.36. The molecule has 0 aromatic heterocycles. The zero-order chi connectivity index (χ0) is 13.8. The first-order valence-corrected chi connectivity index (χ1v) is 6.26. The van der Waals surface area contributed by atoms with Crippen molar-refractivity contribution in [3.05, 3.63) is 24.3 Å². The normalized spacial score (nSPS) is 16.3. The van der Waals surface area contributed by atoms with Gasteiger partial charge in [-0.2, -0.15) is 0 Å². The summed E-state index contributed by atoms with van der Waals surface area (Å²) in [5, 5.41) is 0. The van der Waals surface area contributed by atoms with Crippen LogP contribution in [0.3, 0.4) is 0 Å². The minimum Gasteiger partial charge on any atom is -0.479 e. The van der Waals surface area contributed by atoms with Gasteiger partial charge in [-0.15, -0.1) is 0 Å². The number of anilines is 1. The summed E-state index contributed by atoms with van der Waals surface area (Å²) >= 11 is 0. The predicted octanol–water partition coefficient (Wildman–Crippen LogP) is 1.75. The zero-order valence-electron chi connectivity index (χ0n) is 11.1. The molecule has 0 spiro atoms. The van der Waals surface area contributed by atoms with E-state index in [2.05, 4.69) is 4.74 Å². The van der Waals surface area contributed by atoms with Crippen molar-refractivity contribution in [1.29, 1.82) is 0 Å². The maximum atomic E-state index is 11.7. The van der Waals surface area contributed by atoms with Crippen LogP contribution < -0.4 is 9.64 Å². The summed E-state index contributed by atoms with van der Waals surface area (Å²) in [6, 6.07) is 7.19. The van der Waals surface area contributed by atoms with Crippen LogP contribution in [0.15, 0.2) is 24.3 Å². The molecule has 102 valence electrons. The van der Waals surface area contributed by atoms with Crippen molar-refractivity contribution in [3.8, 4) is 5.75 Å². The third-order valence-corrected chi connectivity index (χ3v) is 3.05. The number of hydrogen-bond donors (Lipinski definition) is 0. The predicted molar refractivity (Wildman–Crippen MR) is 70.1 cm³/mol. The molecule has 0 saturated carbocycles. The van der Waals surface area contributed by atoms with Crippen LogP contribution in [0.25, 0.3) is 0 Å². The van der Waals surface area contributed by atoms with Gasteiger partial charge in [0, 0.05) is 24.7 Å². The Bertz CT molecular complexity index is 486.